The molecule has 1 heteroatoms. The van der Waals surface area contributed by atoms with Crippen molar-refractivity contribution >= 4 is 0 Å². The molecule has 0 bridgehead atoms. The summed E-state index contributed by atoms with van der Waals surface area (Å²) in [6.07, 6.45) is 13.2. The van der Waals surface area contributed by atoms with Crippen LogP contribution >= 0.6 is 0 Å². The fraction of sp³-hybridized carbons (Fsp3) is 0.800. The zero-order valence-corrected chi connectivity index (χ0v) is 14.1. The Morgan fingerprint density at radius 3 is 2.57 bits per heavy atom. The van der Waals surface area contributed by atoms with Gasteiger partial charge in [0, 0.05) is 0 Å². The maximum absolute atomic E-state index is 9.93. The number of fused-ring (bicyclic) bond motifs is 1. The minimum Gasteiger partial charge on any atom is -0.389 e. The third kappa shape index (κ3) is 2.32. The van der Waals surface area contributed by atoms with Crippen molar-refractivity contribution in [1.82, 2.24) is 0 Å². The highest BCUT2D eigenvalue weighted by Gasteiger charge is 2.52. The second kappa shape index (κ2) is 5.26. The molecule has 0 aromatic heterocycles. The largest absolute Gasteiger partial charge is 0.389 e. The van der Waals surface area contributed by atoms with Crippen LogP contribution in [0.1, 0.15) is 65.7 Å². The highest BCUT2D eigenvalue weighted by molar-refractivity contribution is 5.21. The fourth-order valence-electron chi connectivity index (χ4n) is 5.94. The van der Waals surface area contributed by atoms with Crippen LogP contribution in [0.4, 0.5) is 0 Å². The van der Waals surface area contributed by atoms with Gasteiger partial charge in [-0.05, 0) is 74.0 Å². The van der Waals surface area contributed by atoms with Crippen molar-refractivity contribution in [3.05, 3.63) is 24.3 Å². The maximum Gasteiger partial charge on any atom is 0.0723 e. The third-order valence-electron chi connectivity index (χ3n) is 7.51. The van der Waals surface area contributed by atoms with Gasteiger partial charge in [-0.25, -0.2) is 0 Å². The molecule has 0 heterocycles. The zero-order chi connectivity index (χ0) is 15.3. The predicted molar refractivity (Wildman–Crippen MR) is 89.0 cm³/mol. The molecule has 6 atom stereocenters. The summed E-state index contributed by atoms with van der Waals surface area (Å²) < 4.78 is 0. The first-order valence-corrected chi connectivity index (χ1v) is 8.90. The van der Waals surface area contributed by atoms with Gasteiger partial charge in [0.05, 0.1) is 6.10 Å². The van der Waals surface area contributed by atoms with Gasteiger partial charge in [0.15, 0.2) is 0 Å². The summed E-state index contributed by atoms with van der Waals surface area (Å²) in [6, 6.07) is 0. The quantitative estimate of drug-likeness (QED) is 0.700. The van der Waals surface area contributed by atoms with Gasteiger partial charge in [-0.15, -0.1) is 6.58 Å². The van der Waals surface area contributed by atoms with Crippen molar-refractivity contribution in [2.75, 3.05) is 0 Å². The average Bonchev–Trinajstić information content (AvgIpc) is 2.84. The van der Waals surface area contributed by atoms with Gasteiger partial charge >= 0.3 is 0 Å². The number of rotatable bonds is 2. The predicted octanol–water partition coefficient (Wildman–Crippen LogP) is 5.11. The molecule has 1 N–H and O–H groups in total. The second-order valence-corrected chi connectivity index (χ2v) is 8.48. The first kappa shape index (κ1) is 15.3. The summed E-state index contributed by atoms with van der Waals surface area (Å²) in [5.41, 5.74) is 2.25. The van der Waals surface area contributed by atoms with E-state index in [1.807, 2.05) is 0 Å². The molecule has 0 aromatic rings. The molecule has 0 saturated heterocycles. The Bertz CT molecular complexity index is 451. The molecule has 0 aromatic carbocycles. The molecule has 21 heavy (non-hydrogen) atoms. The van der Waals surface area contributed by atoms with Crippen molar-refractivity contribution in [2.24, 2.45) is 28.6 Å². The smallest absolute Gasteiger partial charge is 0.0723 e. The summed E-state index contributed by atoms with van der Waals surface area (Å²) in [6.45, 7) is 11.4. The minimum atomic E-state index is -0.222. The van der Waals surface area contributed by atoms with E-state index in [0.29, 0.717) is 11.3 Å². The maximum atomic E-state index is 9.93. The summed E-state index contributed by atoms with van der Waals surface area (Å²) in [4.78, 5) is 0. The molecular formula is C20H32O. The molecule has 0 amide bonds. The van der Waals surface area contributed by atoms with E-state index in [4.69, 9.17) is 0 Å². The van der Waals surface area contributed by atoms with Crippen molar-refractivity contribution in [1.29, 1.82) is 0 Å². The minimum absolute atomic E-state index is 0.222. The molecule has 6 unspecified atom stereocenters. The first-order chi connectivity index (χ1) is 9.90. The van der Waals surface area contributed by atoms with E-state index >= 15 is 0 Å². The van der Waals surface area contributed by atoms with E-state index in [9.17, 15) is 5.11 Å². The monoisotopic (exact) mass is 288 g/mol. The molecule has 2 saturated carbocycles. The van der Waals surface area contributed by atoms with Crippen LogP contribution in [0.25, 0.3) is 0 Å². The van der Waals surface area contributed by atoms with Crippen molar-refractivity contribution in [3.63, 3.8) is 0 Å². The Balaban J connectivity index is 1.92. The van der Waals surface area contributed by atoms with Crippen LogP contribution in [0.5, 0.6) is 0 Å². The molecule has 0 radical (unpaired) electrons. The second-order valence-electron chi connectivity index (χ2n) is 8.48. The molecule has 3 aliphatic rings. The van der Waals surface area contributed by atoms with Crippen molar-refractivity contribution in [2.45, 2.75) is 71.8 Å². The van der Waals surface area contributed by atoms with Crippen LogP contribution < -0.4 is 0 Å². The Labute approximate surface area is 130 Å². The van der Waals surface area contributed by atoms with E-state index in [1.54, 1.807) is 0 Å². The van der Waals surface area contributed by atoms with Crippen LogP contribution in [-0.4, -0.2) is 11.2 Å². The van der Waals surface area contributed by atoms with Crippen molar-refractivity contribution in [3.8, 4) is 0 Å². The highest BCUT2D eigenvalue weighted by atomic mass is 16.3. The Morgan fingerprint density at radius 2 is 1.90 bits per heavy atom. The lowest BCUT2D eigenvalue weighted by Crippen LogP contribution is -2.45. The van der Waals surface area contributed by atoms with E-state index in [0.717, 1.165) is 24.7 Å². The van der Waals surface area contributed by atoms with Crippen LogP contribution in [0.15, 0.2) is 24.3 Å². The fourth-order valence-corrected chi connectivity index (χ4v) is 5.94. The summed E-state index contributed by atoms with van der Waals surface area (Å²) in [5.74, 6) is 2.22. The number of aliphatic hydroxyl groups is 1. The molecule has 1 nitrogen and oxygen atoms in total. The topological polar surface area (TPSA) is 20.2 Å². The average molecular weight is 288 g/mol. The Morgan fingerprint density at radius 1 is 1.14 bits per heavy atom. The molecule has 0 spiro atoms. The summed E-state index contributed by atoms with van der Waals surface area (Å²) >= 11 is 0. The van der Waals surface area contributed by atoms with E-state index in [-0.39, 0.29) is 11.5 Å². The van der Waals surface area contributed by atoms with Crippen LogP contribution in [-0.2, 0) is 0 Å². The lowest BCUT2D eigenvalue weighted by molar-refractivity contribution is 0.00242. The lowest BCUT2D eigenvalue weighted by atomic mass is 9.51. The molecule has 3 rings (SSSR count). The molecule has 2 fully saturated rings. The Kier molecular flexibility index (Phi) is 3.84. The highest BCUT2D eigenvalue weighted by Crippen LogP contribution is 2.61. The van der Waals surface area contributed by atoms with Crippen LogP contribution in [0.2, 0.25) is 0 Å². The van der Waals surface area contributed by atoms with Gasteiger partial charge in [0.1, 0.15) is 0 Å². The number of hydrogen-bond donors (Lipinski definition) is 1. The molecule has 118 valence electrons. The molecule has 0 aliphatic heterocycles. The van der Waals surface area contributed by atoms with E-state index in [1.165, 1.54) is 37.7 Å². The van der Waals surface area contributed by atoms with Gasteiger partial charge in [-0.1, -0.05) is 38.0 Å². The van der Waals surface area contributed by atoms with E-state index < -0.39 is 0 Å². The van der Waals surface area contributed by atoms with Gasteiger partial charge in [0.2, 0.25) is 0 Å². The number of allylic oxidation sites excluding steroid dienone is 2. The first-order valence-electron chi connectivity index (χ1n) is 8.90. The molecule has 3 aliphatic carbocycles. The summed E-state index contributed by atoms with van der Waals surface area (Å²) in [7, 11) is 0. The van der Waals surface area contributed by atoms with Crippen LogP contribution in [0, 0.1) is 28.6 Å². The van der Waals surface area contributed by atoms with Crippen LogP contribution in [0.3, 0.4) is 0 Å². The normalized spacial score (nSPS) is 50.4. The number of aliphatic hydroxyl groups excluding tert-OH is 1. The van der Waals surface area contributed by atoms with Gasteiger partial charge in [-0.2, -0.15) is 0 Å². The Hall–Kier alpha value is -0.560. The zero-order valence-electron chi connectivity index (χ0n) is 14.1. The number of hydrogen-bond acceptors (Lipinski definition) is 1. The standard InChI is InChI=1S/C20H32O/c1-5-16-17-7-6-10-19(17,3)11-9-18(16)20(4)12-8-15(21)13-14(20)2/h5,13,15-18,21H,1,6-12H2,2-4H3. The SMILES string of the molecule is C=CC1C2CCCC2(C)CCC1C1(C)CCC(O)C=C1C. The van der Waals surface area contributed by atoms with Gasteiger partial charge in [-0.3, -0.25) is 0 Å². The van der Waals surface area contributed by atoms with E-state index in [2.05, 4.69) is 39.5 Å². The summed E-state index contributed by atoms with van der Waals surface area (Å²) in [5, 5.41) is 9.93. The van der Waals surface area contributed by atoms with Gasteiger partial charge in [0.25, 0.3) is 0 Å². The third-order valence-corrected chi connectivity index (χ3v) is 7.51. The van der Waals surface area contributed by atoms with Gasteiger partial charge < -0.3 is 5.11 Å². The molecular weight excluding hydrogens is 256 g/mol. The van der Waals surface area contributed by atoms with Crippen molar-refractivity contribution < 1.29 is 5.11 Å². The lowest BCUT2D eigenvalue weighted by Gasteiger charge is -2.53.